The Kier molecular flexibility index (Phi) is 3.72. The molecule has 1 aromatic heterocycles. The SMILES string of the molecule is O=C1c2ccccc2N[C@@H](c2ccc(F)cc2F)N1Cc1ccco1. The number of hydrogen-bond acceptors (Lipinski definition) is 3. The number of fused-ring (bicyclic) bond motifs is 1. The van der Waals surface area contributed by atoms with Gasteiger partial charge in [0.05, 0.1) is 18.4 Å². The number of halogens is 2. The van der Waals surface area contributed by atoms with Gasteiger partial charge in [0.1, 0.15) is 23.6 Å². The zero-order valence-electron chi connectivity index (χ0n) is 13.1. The summed E-state index contributed by atoms with van der Waals surface area (Å²) in [7, 11) is 0. The number of amides is 1. The van der Waals surface area contributed by atoms with Crippen LogP contribution in [0.15, 0.2) is 65.3 Å². The van der Waals surface area contributed by atoms with E-state index in [1.807, 2.05) is 0 Å². The summed E-state index contributed by atoms with van der Waals surface area (Å²) < 4.78 is 33.0. The van der Waals surface area contributed by atoms with Gasteiger partial charge in [-0.15, -0.1) is 0 Å². The highest BCUT2D eigenvalue weighted by Gasteiger charge is 2.34. The highest BCUT2D eigenvalue weighted by molar-refractivity contribution is 6.01. The number of carbonyl (C=O) groups excluding carboxylic acids is 1. The van der Waals surface area contributed by atoms with Gasteiger partial charge in [0.25, 0.3) is 5.91 Å². The first-order valence-electron chi connectivity index (χ1n) is 7.77. The van der Waals surface area contributed by atoms with E-state index >= 15 is 0 Å². The minimum Gasteiger partial charge on any atom is -0.467 e. The Morgan fingerprint density at radius 3 is 2.68 bits per heavy atom. The summed E-state index contributed by atoms with van der Waals surface area (Å²) in [4.78, 5) is 14.4. The summed E-state index contributed by atoms with van der Waals surface area (Å²) in [5.41, 5.74) is 1.29. The van der Waals surface area contributed by atoms with Crippen molar-refractivity contribution in [2.24, 2.45) is 0 Å². The lowest BCUT2D eigenvalue weighted by molar-refractivity contribution is 0.0648. The third-order valence-electron chi connectivity index (χ3n) is 4.19. The van der Waals surface area contributed by atoms with Gasteiger partial charge in [0, 0.05) is 17.3 Å². The molecule has 2 heterocycles. The second-order valence-corrected chi connectivity index (χ2v) is 5.77. The van der Waals surface area contributed by atoms with Crippen molar-refractivity contribution in [3.05, 3.63) is 89.4 Å². The van der Waals surface area contributed by atoms with Crippen LogP contribution in [0, 0.1) is 11.6 Å². The van der Waals surface area contributed by atoms with E-state index in [0.717, 1.165) is 6.07 Å². The molecule has 0 saturated heterocycles. The quantitative estimate of drug-likeness (QED) is 0.772. The summed E-state index contributed by atoms with van der Waals surface area (Å²) in [6.07, 6.45) is 0.742. The van der Waals surface area contributed by atoms with E-state index in [1.54, 1.807) is 36.4 Å². The Balaban J connectivity index is 1.80. The van der Waals surface area contributed by atoms with Crippen molar-refractivity contribution in [2.45, 2.75) is 12.7 Å². The molecule has 0 saturated carbocycles. The molecule has 0 unspecified atom stereocenters. The number of nitrogens with zero attached hydrogens (tertiary/aromatic N) is 1. The molecule has 4 nitrogen and oxygen atoms in total. The van der Waals surface area contributed by atoms with E-state index < -0.39 is 17.8 Å². The molecule has 1 atom stereocenters. The van der Waals surface area contributed by atoms with Gasteiger partial charge in [-0.25, -0.2) is 8.78 Å². The number of hydrogen-bond donors (Lipinski definition) is 1. The number of furan rings is 1. The highest BCUT2D eigenvalue weighted by Crippen LogP contribution is 2.35. The molecule has 2 aromatic carbocycles. The third kappa shape index (κ3) is 2.76. The zero-order valence-corrected chi connectivity index (χ0v) is 13.1. The van der Waals surface area contributed by atoms with Gasteiger partial charge in [-0.2, -0.15) is 0 Å². The van der Waals surface area contributed by atoms with Gasteiger partial charge in [-0.3, -0.25) is 4.79 Å². The van der Waals surface area contributed by atoms with E-state index in [1.165, 1.54) is 23.3 Å². The lowest BCUT2D eigenvalue weighted by Crippen LogP contribution is -2.42. The molecule has 4 rings (SSSR count). The Bertz CT molecular complexity index is 925. The normalized spacial score (nSPS) is 16.5. The minimum atomic E-state index is -0.770. The lowest BCUT2D eigenvalue weighted by Gasteiger charge is -2.37. The van der Waals surface area contributed by atoms with Crippen LogP contribution in [0.2, 0.25) is 0 Å². The van der Waals surface area contributed by atoms with Crippen molar-refractivity contribution in [1.82, 2.24) is 4.90 Å². The van der Waals surface area contributed by atoms with Crippen molar-refractivity contribution in [2.75, 3.05) is 5.32 Å². The largest absolute Gasteiger partial charge is 0.467 e. The summed E-state index contributed by atoms with van der Waals surface area (Å²) in [6.45, 7) is 0.161. The molecule has 25 heavy (non-hydrogen) atoms. The van der Waals surface area contributed by atoms with Gasteiger partial charge in [0.2, 0.25) is 0 Å². The highest BCUT2D eigenvalue weighted by atomic mass is 19.1. The van der Waals surface area contributed by atoms with Crippen LogP contribution in [-0.4, -0.2) is 10.8 Å². The smallest absolute Gasteiger partial charge is 0.258 e. The van der Waals surface area contributed by atoms with Crippen molar-refractivity contribution in [1.29, 1.82) is 0 Å². The number of nitrogens with one attached hydrogen (secondary N) is 1. The maximum atomic E-state index is 14.3. The topological polar surface area (TPSA) is 45.5 Å². The fraction of sp³-hybridized carbons (Fsp3) is 0.105. The van der Waals surface area contributed by atoms with Crippen LogP contribution in [0.3, 0.4) is 0 Å². The summed E-state index contributed by atoms with van der Waals surface area (Å²) in [5.74, 6) is -1.06. The predicted molar refractivity (Wildman–Crippen MR) is 87.7 cm³/mol. The summed E-state index contributed by atoms with van der Waals surface area (Å²) in [5, 5.41) is 3.17. The molecule has 6 heteroatoms. The maximum absolute atomic E-state index is 14.3. The van der Waals surface area contributed by atoms with Crippen molar-refractivity contribution >= 4 is 11.6 Å². The van der Waals surface area contributed by atoms with Crippen molar-refractivity contribution < 1.29 is 18.0 Å². The molecule has 0 aliphatic carbocycles. The van der Waals surface area contributed by atoms with Crippen LogP contribution >= 0.6 is 0 Å². The predicted octanol–water partition coefficient (Wildman–Crippen LogP) is 4.32. The molecule has 1 aliphatic rings. The van der Waals surface area contributed by atoms with Crippen LogP contribution in [0.1, 0.15) is 27.8 Å². The average molecular weight is 340 g/mol. The van der Waals surface area contributed by atoms with E-state index in [4.69, 9.17) is 4.42 Å². The molecule has 3 aromatic rings. The number of carbonyl (C=O) groups is 1. The van der Waals surface area contributed by atoms with E-state index in [0.29, 0.717) is 17.0 Å². The van der Waals surface area contributed by atoms with Crippen molar-refractivity contribution in [3.63, 3.8) is 0 Å². The summed E-state index contributed by atoms with van der Waals surface area (Å²) in [6, 6.07) is 13.8. The van der Waals surface area contributed by atoms with Gasteiger partial charge in [-0.05, 0) is 36.4 Å². The molecule has 1 aliphatic heterocycles. The first-order valence-corrected chi connectivity index (χ1v) is 7.77. The molecule has 0 bridgehead atoms. The number of rotatable bonds is 3. The first-order chi connectivity index (χ1) is 12.1. The van der Waals surface area contributed by atoms with E-state index in [-0.39, 0.29) is 18.0 Å². The standard InChI is InChI=1S/C19H14F2N2O2/c20-12-7-8-14(16(21)10-12)18-22-17-6-2-1-5-15(17)19(24)23(18)11-13-4-3-9-25-13/h1-10,18,22H,11H2/t18-/m1/s1. The number of benzene rings is 2. The minimum absolute atomic E-state index is 0.161. The van der Waals surface area contributed by atoms with Crippen molar-refractivity contribution in [3.8, 4) is 0 Å². The molecule has 0 spiro atoms. The molecule has 0 radical (unpaired) electrons. The van der Waals surface area contributed by atoms with Crippen LogP contribution in [0.25, 0.3) is 0 Å². The van der Waals surface area contributed by atoms with Crippen LogP contribution < -0.4 is 5.32 Å². The maximum Gasteiger partial charge on any atom is 0.258 e. The van der Waals surface area contributed by atoms with Gasteiger partial charge >= 0.3 is 0 Å². The monoisotopic (exact) mass is 340 g/mol. The lowest BCUT2D eigenvalue weighted by atomic mass is 10.0. The number of para-hydroxylation sites is 1. The Morgan fingerprint density at radius 1 is 1.08 bits per heavy atom. The van der Waals surface area contributed by atoms with Gasteiger partial charge < -0.3 is 14.6 Å². The summed E-state index contributed by atoms with van der Waals surface area (Å²) >= 11 is 0. The van der Waals surface area contributed by atoms with Gasteiger partial charge in [0.15, 0.2) is 0 Å². The fourth-order valence-corrected chi connectivity index (χ4v) is 3.00. The van der Waals surface area contributed by atoms with Crippen LogP contribution in [0.5, 0.6) is 0 Å². The van der Waals surface area contributed by atoms with E-state index in [9.17, 15) is 13.6 Å². The fourth-order valence-electron chi connectivity index (χ4n) is 3.00. The molecule has 0 fully saturated rings. The van der Waals surface area contributed by atoms with Gasteiger partial charge in [-0.1, -0.05) is 12.1 Å². The van der Waals surface area contributed by atoms with E-state index in [2.05, 4.69) is 5.32 Å². The molecule has 1 N–H and O–H groups in total. The second kappa shape index (κ2) is 6.05. The second-order valence-electron chi connectivity index (χ2n) is 5.77. The molecular formula is C19H14F2N2O2. The number of anilines is 1. The van der Waals surface area contributed by atoms with Crippen LogP contribution in [0.4, 0.5) is 14.5 Å². The Hall–Kier alpha value is -3.15. The molecule has 1 amide bonds. The molecule has 126 valence electrons. The third-order valence-corrected chi connectivity index (χ3v) is 4.19. The average Bonchev–Trinajstić information content (AvgIpc) is 3.11. The molecular weight excluding hydrogens is 326 g/mol. The first kappa shape index (κ1) is 15.4. The van der Waals surface area contributed by atoms with Crippen LogP contribution in [-0.2, 0) is 6.54 Å². The zero-order chi connectivity index (χ0) is 17.4. The Morgan fingerprint density at radius 2 is 1.92 bits per heavy atom. The Labute approximate surface area is 142 Å².